The third kappa shape index (κ3) is 7.15. The Hall–Kier alpha value is -4.23. The van der Waals surface area contributed by atoms with Crippen LogP contribution in [0.25, 0.3) is 10.9 Å². The molecule has 3 amide bonds. The lowest BCUT2D eigenvalue weighted by Crippen LogP contribution is -2.60. The molecule has 0 radical (unpaired) electrons. The summed E-state index contributed by atoms with van der Waals surface area (Å²) < 4.78 is 0. The predicted molar refractivity (Wildman–Crippen MR) is 133 cm³/mol. The summed E-state index contributed by atoms with van der Waals surface area (Å²) >= 11 is 0. The molecule has 0 aliphatic heterocycles. The van der Waals surface area contributed by atoms with Crippen LogP contribution in [0.4, 0.5) is 0 Å². The van der Waals surface area contributed by atoms with Gasteiger partial charge in [-0.3, -0.25) is 19.2 Å². The Labute approximate surface area is 212 Å². The van der Waals surface area contributed by atoms with Gasteiger partial charge in [0.2, 0.25) is 17.7 Å². The number of amides is 3. The van der Waals surface area contributed by atoms with Gasteiger partial charge in [0.1, 0.15) is 18.1 Å². The van der Waals surface area contributed by atoms with Gasteiger partial charge < -0.3 is 41.9 Å². The molecule has 2 aromatic heterocycles. The topological polar surface area (TPSA) is 215 Å². The highest BCUT2D eigenvalue weighted by Gasteiger charge is 2.32. The zero-order valence-corrected chi connectivity index (χ0v) is 20.4. The summed E-state index contributed by atoms with van der Waals surface area (Å²) in [6, 6.07) is 2.50. The monoisotopic (exact) mass is 513 g/mol. The van der Waals surface area contributed by atoms with Gasteiger partial charge in [0, 0.05) is 41.8 Å². The first-order valence-electron chi connectivity index (χ1n) is 11.7. The number of aliphatic hydroxyl groups is 1. The number of benzene rings is 1. The lowest BCUT2D eigenvalue weighted by molar-refractivity contribution is -0.142. The first-order chi connectivity index (χ1) is 17.6. The second-order valence-corrected chi connectivity index (χ2v) is 8.81. The summed E-state index contributed by atoms with van der Waals surface area (Å²) in [7, 11) is 0. The van der Waals surface area contributed by atoms with Crippen molar-refractivity contribution in [3.8, 4) is 0 Å². The number of aliphatic hydroxyl groups excluding tert-OH is 1. The maximum Gasteiger partial charge on any atom is 0.325 e. The number of para-hydroxylation sites is 1. The molecule has 5 unspecified atom stereocenters. The summed E-state index contributed by atoms with van der Waals surface area (Å²) in [5, 5.41) is 27.6. The lowest BCUT2D eigenvalue weighted by Gasteiger charge is -2.26. The van der Waals surface area contributed by atoms with Crippen molar-refractivity contribution < 1.29 is 29.4 Å². The number of fused-ring (bicyclic) bond motifs is 1. The Morgan fingerprint density at radius 2 is 1.73 bits per heavy atom. The number of imidazole rings is 1. The van der Waals surface area contributed by atoms with Crippen LogP contribution in [0.5, 0.6) is 0 Å². The minimum Gasteiger partial charge on any atom is -0.480 e. The quantitative estimate of drug-likeness (QED) is 0.149. The van der Waals surface area contributed by atoms with Crippen LogP contribution in [0, 0.1) is 0 Å². The molecule has 3 aromatic rings. The summed E-state index contributed by atoms with van der Waals surface area (Å²) in [4.78, 5) is 59.8. The van der Waals surface area contributed by atoms with Gasteiger partial charge in [0.25, 0.3) is 0 Å². The van der Waals surface area contributed by atoms with Crippen molar-refractivity contribution in [3.63, 3.8) is 0 Å². The SMILES string of the molecule is CC(NC(=O)C(Cc1c[nH]c2ccccc12)NC(=O)C(NC(=O)C(N)Cc1cnc[nH]1)C(C)O)C(=O)O. The van der Waals surface area contributed by atoms with E-state index in [0.717, 1.165) is 10.9 Å². The van der Waals surface area contributed by atoms with E-state index < -0.39 is 54.0 Å². The van der Waals surface area contributed by atoms with Gasteiger partial charge in [-0.1, -0.05) is 18.2 Å². The molecule has 13 heteroatoms. The molecule has 0 aliphatic carbocycles. The van der Waals surface area contributed by atoms with Crippen LogP contribution >= 0.6 is 0 Å². The lowest BCUT2D eigenvalue weighted by atomic mass is 10.0. The zero-order valence-electron chi connectivity index (χ0n) is 20.4. The van der Waals surface area contributed by atoms with Gasteiger partial charge in [0.05, 0.1) is 18.5 Å². The Morgan fingerprint density at radius 3 is 2.38 bits per heavy atom. The number of aliphatic carboxylic acids is 1. The molecule has 2 heterocycles. The van der Waals surface area contributed by atoms with Crippen LogP contribution in [0.2, 0.25) is 0 Å². The van der Waals surface area contributed by atoms with Crippen molar-refractivity contribution in [1.82, 2.24) is 30.9 Å². The van der Waals surface area contributed by atoms with E-state index in [-0.39, 0.29) is 12.8 Å². The molecule has 5 atom stereocenters. The number of rotatable bonds is 12. The number of hydrogen-bond acceptors (Lipinski definition) is 7. The second kappa shape index (κ2) is 12.1. The number of aromatic nitrogens is 3. The number of carbonyl (C=O) groups excluding carboxylic acids is 3. The fraction of sp³-hybridized carbons (Fsp3) is 0.375. The Balaban J connectivity index is 1.77. The van der Waals surface area contributed by atoms with Crippen molar-refractivity contribution in [2.75, 3.05) is 0 Å². The number of nitrogens with one attached hydrogen (secondary N) is 5. The van der Waals surface area contributed by atoms with E-state index in [1.807, 2.05) is 24.3 Å². The van der Waals surface area contributed by atoms with E-state index in [4.69, 9.17) is 5.73 Å². The van der Waals surface area contributed by atoms with Crippen molar-refractivity contribution in [3.05, 3.63) is 54.2 Å². The molecule has 13 nitrogen and oxygen atoms in total. The van der Waals surface area contributed by atoms with E-state index >= 15 is 0 Å². The van der Waals surface area contributed by atoms with Gasteiger partial charge >= 0.3 is 5.97 Å². The molecule has 0 spiro atoms. The highest BCUT2D eigenvalue weighted by molar-refractivity contribution is 5.95. The standard InChI is InChI=1S/C24H31N7O6/c1-12(24(36)37)29-22(34)19(7-14-9-27-18-6-4-3-5-16(14)18)30-23(35)20(13(2)32)31-21(33)17(25)8-15-10-26-11-28-15/h3-6,9-13,17,19-20,27,32H,7-8,25H2,1-2H3,(H,26,28)(H,29,34)(H,30,35)(H,31,33)(H,36,37). The molecule has 0 saturated heterocycles. The van der Waals surface area contributed by atoms with E-state index in [9.17, 15) is 29.4 Å². The van der Waals surface area contributed by atoms with Crippen LogP contribution in [-0.4, -0.2) is 79.1 Å². The minimum atomic E-state index is -1.42. The predicted octanol–water partition coefficient (Wildman–Crippen LogP) is -1.06. The molecule has 0 bridgehead atoms. The molecular formula is C24H31N7O6. The van der Waals surface area contributed by atoms with Crippen LogP contribution in [-0.2, 0) is 32.0 Å². The maximum absolute atomic E-state index is 13.1. The summed E-state index contributed by atoms with van der Waals surface area (Å²) in [5.41, 5.74) is 8.08. The largest absolute Gasteiger partial charge is 0.480 e. The minimum absolute atomic E-state index is 0.0216. The summed E-state index contributed by atoms with van der Waals surface area (Å²) in [6.07, 6.45) is 3.47. The van der Waals surface area contributed by atoms with Gasteiger partial charge in [-0.05, 0) is 25.5 Å². The van der Waals surface area contributed by atoms with Crippen molar-refractivity contribution in [2.24, 2.45) is 5.73 Å². The van der Waals surface area contributed by atoms with Crippen molar-refractivity contribution >= 4 is 34.6 Å². The Kier molecular flexibility index (Phi) is 8.98. The number of aromatic amines is 2. The number of nitrogens with two attached hydrogens (primary N) is 1. The molecular weight excluding hydrogens is 482 g/mol. The van der Waals surface area contributed by atoms with Gasteiger partial charge in [0.15, 0.2) is 0 Å². The van der Waals surface area contributed by atoms with E-state index in [2.05, 4.69) is 30.9 Å². The van der Waals surface area contributed by atoms with Gasteiger partial charge in [-0.2, -0.15) is 0 Å². The fourth-order valence-electron chi connectivity index (χ4n) is 3.76. The highest BCUT2D eigenvalue weighted by atomic mass is 16.4. The van der Waals surface area contributed by atoms with Crippen molar-refractivity contribution in [2.45, 2.75) is 57.0 Å². The molecule has 0 fully saturated rings. The average molecular weight is 514 g/mol. The molecule has 0 saturated carbocycles. The third-order valence-electron chi connectivity index (χ3n) is 5.86. The molecule has 9 N–H and O–H groups in total. The van der Waals surface area contributed by atoms with Crippen LogP contribution in [0.3, 0.4) is 0 Å². The van der Waals surface area contributed by atoms with Gasteiger partial charge in [-0.15, -0.1) is 0 Å². The summed E-state index contributed by atoms with van der Waals surface area (Å²) in [6.45, 7) is 2.61. The van der Waals surface area contributed by atoms with E-state index in [0.29, 0.717) is 11.3 Å². The molecule has 1 aromatic carbocycles. The number of nitrogens with zero attached hydrogens (tertiary/aromatic N) is 1. The molecule has 37 heavy (non-hydrogen) atoms. The van der Waals surface area contributed by atoms with E-state index in [1.165, 1.54) is 26.4 Å². The molecule has 198 valence electrons. The van der Waals surface area contributed by atoms with E-state index in [1.54, 1.807) is 6.20 Å². The number of hydrogen-bond donors (Lipinski definition) is 8. The second-order valence-electron chi connectivity index (χ2n) is 8.81. The van der Waals surface area contributed by atoms with Crippen LogP contribution < -0.4 is 21.7 Å². The van der Waals surface area contributed by atoms with Crippen LogP contribution in [0.1, 0.15) is 25.1 Å². The number of carbonyl (C=O) groups is 4. The zero-order chi connectivity index (χ0) is 27.1. The average Bonchev–Trinajstić information content (AvgIpc) is 3.51. The molecule has 3 rings (SSSR count). The Bertz CT molecular complexity index is 1240. The van der Waals surface area contributed by atoms with Gasteiger partial charge in [-0.25, -0.2) is 4.98 Å². The number of H-pyrrole nitrogens is 2. The van der Waals surface area contributed by atoms with Crippen LogP contribution in [0.15, 0.2) is 43.0 Å². The first-order valence-corrected chi connectivity index (χ1v) is 11.7. The first kappa shape index (κ1) is 27.4. The molecule has 0 aliphatic rings. The Morgan fingerprint density at radius 1 is 1.00 bits per heavy atom. The fourth-order valence-corrected chi connectivity index (χ4v) is 3.76. The van der Waals surface area contributed by atoms with Crippen molar-refractivity contribution in [1.29, 1.82) is 0 Å². The highest BCUT2D eigenvalue weighted by Crippen LogP contribution is 2.19. The maximum atomic E-state index is 13.1. The normalized spacial score (nSPS) is 15.2. The smallest absolute Gasteiger partial charge is 0.325 e. The number of carboxylic acids is 1. The third-order valence-corrected chi connectivity index (χ3v) is 5.86. The summed E-state index contributed by atoms with van der Waals surface area (Å²) in [5.74, 6) is -3.50. The number of carboxylic acid groups (broad SMARTS) is 1.